The quantitative estimate of drug-likeness (QED) is 0.775. The first-order chi connectivity index (χ1) is 6.87. The van der Waals surface area contributed by atoms with Gasteiger partial charge in [0.1, 0.15) is 6.33 Å². The van der Waals surface area contributed by atoms with Crippen molar-refractivity contribution in [2.45, 2.75) is 33.7 Å². The molecule has 1 aliphatic rings. The van der Waals surface area contributed by atoms with E-state index >= 15 is 0 Å². The summed E-state index contributed by atoms with van der Waals surface area (Å²) in [7, 11) is 0. The number of nitrogens with zero attached hydrogens (tertiary/aromatic N) is 2. The number of aromatic nitrogens is 2. The summed E-state index contributed by atoms with van der Waals surface area (Å²) in [6.07, 6.45) is 3.14. The molecule has 2 rings (SSSR count). The summed E-state index contributed by atoms with van der Waals surface area (Å²) in [6.45, 7) is 9.01. The number of nitrogens with one attached hydrogen (secondary N) is 1. The summed E-state index contributed by atoms with van der Waals surface area (Å²) in [5.74, 6) is 0.744. The van der Waals surface area contributed by atoms with Crippen molar-refractivity contribution in [2.75, 3.05) is 11.1 Å². The van der Waals surface area contributed by atoms with Crippen LogP contribution in [0.3, 0.4) is 0 Å². The number of rotatable bonds is 2. The van der Waals surface area contributed by atoms with Gasteiger partial charge in [0.25, 0.3) is 0 Å². The maximum atomic E-state index is 5.79. The van der Waals surface area contributed by atoms with Crippen LogP contribution < -0.4 is 11.1 Å². The molecule has 1 fully saturated rings. The van der Waals surface area contributed by atoms with Crippen molar-refractivity contribution in [3.63, 3.8) is 0 Å². The molecule has 82 valence electrons. The highest BCUT2D eigenvalue weighted by molar-refractivity contribution is 5.61. The lowest BCUT2D eigenvalue weighted by molar-refractivity contribution is 0.457. The molecule has 3 N–H and O–H groups in total. The van der Waals surface area contributed by atoms with Gasteiger partial charge in [0.15, 0.2) is 5.82 Å². The number of anilines is 2. The lowest BCUT2D eigenvalue weighted by Crippen LogP contribution is -2.13. The van der Waals surface area contributed by atoms with Crippen LogP contribution in [0, 0.1) is 10.8 Å². The zero-order valence-corrected chi connectivity index (χ0v) is 9.70. The van der Waals surface area contributed by atoms with E-state index in [9.17, 15) is 0 Å². The van der Waals surface area contributed by atoms with Crippen LogP contribution in [0.4, 0.5) is 11.5 Å². The van der Waals surface area contributed by atoms with Crippen molar-refractivity contribution in [1.29, 1.82) is 0 Å². The summed E-state index contributed by atoms with van der Waals surface area (Å²) >= 11 is 0. The summed E-state index contributed by atoms with van der Waals surface area (Å²) in [5.41, 5.74) is 6.96. The van der Waals surface area contributed by atoms with Gasteiger partial charge in [0.2, 0.25) is 0 Å². The predicted octanol–water partition coefficient (Wildman–Crippen LogP) is 1.91. The normalized spacial score (nSPS) is 22.4. The van der Waals surface area contributed by atoms with Crippen molar-refractivity contribution >= 4 is 11.5 Å². The monoisotopic (exact) mass is 206 g/mol. The lowest BCUT2D eigenvalue weighted by Gasteiger charge is -2.08. The summed E-state index contributed by atoms with van der Waals surface area (Å²) < 4.78 is 0. The molecule has 1 aromatic heterocycles. The number of hydrogen-bond donors (Lipinski definition) is 2. The van der Waals surface area contributed by atoms with Crippen LogP contribution in [0.1, 0.15) is 27.7 Å². The van der Waals surface area contributed by atoms with E-state index < -0.39 is 0 Å². The third kappa shape index (κ3) is 1.35. The first-order valence-corrected chi connectivity index (χ1v) is 5.19. The van der Waals surface area contributed by atoms with E-state index in [1.165, 1.54) is 6.33 Å². The van der Waals surface area contributed by atoms with Gasteiger partial charge in [-0.2, -0.15) is 0 Å². The van der Waals surface area contributed by atoms with Crippen LogP contribution in [0.15, 0.2) is 12.5 Å². The molecule has 1 saturated carbocycles. The van der Waals surface area contributed by atoms with Gasteiger partial charge in [-0.15, -0.1) is 0 Å². The molecular weight excluding hydrogens is 188 g/mol. The van der Waals surface area contributed by atoms with E-state index in [0.29, 0.717) is 11.7 Å². The zero-order chi connectivity index (χ0) is 11.3. The third-order valence-corrected chi connectivity index (χ3v) is 4.04. The molecule has 0 saturated heterocycles. The molecule has 0 aromatic carbocycles. The Bertz CT molecular complexity index is 370. The molecule has 1 heterocycles. The molecule has 1 aromatic rings. The van der Waals surface area contributed by atoms with E-state index in [-0.39, 0.29) is 10.8 Å². The van der Waals surface area contributed by atoms with Gasteiger partial charge < -0.3 is 11.1 Å². The second kappa shape index (κ2) is 2.84. The van der Waals surface area contributed by atoms with Crippen LogP contribution in [-0.2, 0) is 0 Å². The Morgan fingerprint density at radius 1 is 1.27 bits per heavy atom. The van der Waals surface area contributed by atoms with E-state index in [1.54, 1.807) is 6.20 Å². The largest absolute Gasteiger partial charge is 0.394 e. The fourth-order valence-electron chi connectivity index (χ4n) is 2.15. The molecular formula is C11H18N4. The highest BCUT2D eigenvalue weighted by atomic mass is 15.1. The van der Waals surface area contributed by atoms with Crippen molar-refractivity contribution in [3.05, 3.63) is 12.5 Å². The smallest absolute Gasteiger partial charge is 0.152 e. The third-order valence-electron chi connectivity index (χ3n) is 4.04. The Morgan fingerprint density at radius 3 is 2.33 bits per heavy atom. The van der Waals surface area contributed by atoms with Crippen LogP contribution in [0.5, 0.6) is 0 Å². The predicted molar refractivity (Wildman–Crippen MR) is 61.4 cm³/mol. The first kappa shape index (κ1) is 10.2. The summed E-state index contributed by atoms with van der Waals surface area (Å²) in [6, 6.07) is 0.419. The topological polar surface area (TPSA) is 63.8 Å². The maximum absolute atomic E-state index is 5.79. The van der Waals surface area contributed by atoms with Crippen LogP contribution in [-0.4, -0.2) is 16.0 Å². The summed E-state index contributed by atoms with van der Waals surface area (Å²) in [5, 5.41) is 3.39. The average molecular weight is 206 g/mol. The molecule has 4 nitrogen and oxygen atoms in total. The Kier molecular flexibility index (Phi) is 1.93. The van der Waals surface area contributed by atoms with Crippen LogP contribution >= 0.6 is 0 Å². The van der Waals surface area contributed by atoms with Gasteiger partial charge in [0, 0.05) is 6.04 Å². The van der Waals surface area contributed by atoms with Gasteiger partial charge in [-0.3, -0.25) is 0 Å². The van der Waals surface area contributed by atoms with E-state index in [1.807, 2.05) is 0 Å². The number of hydrogen-bond acceptors (Lipinski definition) is 4. The minimum absolute atomic E-state index is 0.282. The van der Waals surface area contributed by atoms with Gasteiger partial charge >= 0.3 is 0 Å². The Labute approximate surface area is 90.3 Å². The summed E-state index contributed by atoms with van der Waals surface area (Å²) in [4.78, 5) is 8.01. The van der Waals surface area contributed by atoms with Crippen LogP contribution in [0.2, 0.25) is 0 Å². The Hall–Kier alpha value is -1.32. The molecule has 0 atom stereocenters. The molecule has 15 heavy (non-hydrogen) atoms. The van der Waals surface area contributed by atoms with E-state index in [4.69, 9.17) is 5.73 Å². The second-order valence-corrected chi connectivity index (χ2v) is 5.35. The fraction of sp³-hybridized carbons (Fsp3) is 0.636. The minimum atomic E-state index is 0.282. The SMILES string of the molecule is CC1(C)C(Nc2ncncc2N)C1(C)C. The molecule has 0 unspecified atom stereocenters. The standard InChI is InChI=1S/C11H18N4/c1-10(2)9(11(10,3)4)15-8-7(12)5-13-6-14-8/h5-6,9H,12H2,1-4H3,(H,13,14,15). The van der Waals surface area contributed by atoms with E-state index in [0.717, 1.165) is 5.82 Å². The molecule has 0 amide bonds. The van der Waals surface area contributed by atoms with Crippen molar-refractivity contribution in [1.82, 2.24) is 9.97 Å². The molecule has 4 heteroatoms. The second-order valence-electron chi connectivity index (χ2n) is 5.35. The van der Waals surface area contributed by atoms with Crippen LogP contribution in [0.25, 0.3) is 0 Å². The van der Waals surface area contributed by atoms with Crippen molar-refractivity contribution in [2.24, 2.45) is 10.8 Å². The molecule has 0 aliphatic heterocycles. The first-order valence-electron chi connectivity index (χ1n) is 5.19. The minimum Gasteiger partial charge on any atom is -0.394 e. The van der Waals surface area contributed by atoms with Gasteiger partial charge in [-0.25, -0.2) is 9.97 Å². The zero-order valence-electron chi connectivity index (χ0n) is 9.70. The molecule has 1 aliphatic carbocycles. The Balaban J connectivity index is 2.16. The number of nitrogens with two attached hydrogens (primary N) is 1. The highest BCUT2D eigenvalue weighted by Gasteiger charge is 2.65. The maximum Gasteiger partial charge on any atom is 0.152 e. The van der Waals surface area contributed by atoms with Crippen molar-refractivity contribution in [3.8, 4) is 0 Å². The fourth-order valence-corrected chi connectivity index (χ4v) is 2.15. The lowest BCUT2D eigenvalue weighted by atomic mass is 10.0. The van der Waals surface area contributed by atoms with E-state index in [2.05, 4.69) is 43.0 Å². The Morgan fingerprint density at radius 2 is 1.87 bits per heavy atom. The number of nitrogen functional groups attached to an aromatic ring is 1. The average Bonchev–Trinajstić information content (AvgIpc) is 2.51. The van der Waals surface area contributed by atoms with Gasteiger partial charge in [-0.05, 0) is 10.8 Å². The van der Waals surface area contributed by atoms with Gasteiger partial charge in [-0.1, -0.05) is 27.7 Å². The molecule has 0 bridgehead atoms. The molecule has 0 radical (unpaired) electrons. The molecule has 0 spiro atoms. The van der Waals surface area contributed by atoms with Crippen molar-refractivity contribution < 1.29 is 0 Å². The van der Waals surface area contributed by atoms with Gasteiger partial charge in [0.05, 0.1) is 11.9 Å². The highest BCUT2D eigenvalue weighted by Crippen LogP contribution is 2.63.